The number of nitrogens with zero attached hydrogens (tertiary/aromatic N) is 4. The molecule has 2 aromatic rings. The van der Waals surface area contributed by atoms with Crippen LogP contribution >= 0.6 is 15.9 Å². The Kier molecular flexibility index (Phi) is 4.06. The van der Waals surface area contributed by atoms with E-state index in [1.54, 1.807) is 0 Å². The Bertz CT molecular complexity index is 654. The first-order chi connectivity index (χ1) is 9.94. The largest absolute Gasteiger partial charge is 0.297 e. The molecule has 1 aliphatic heterocycles. The molecule has 21 heavy (non-hydrogen) atoms. The molecule has 2 unspecified atom stereocenters. The number of piperidine rings is 1. The zero-order valence-electron chi connectivity index (χ0n) is 13.2. The number of fused-ring (bicyclic) bond motifs is 1. The fourth-order valence-electron chi connectivity index (χ4n) is 3.61. The molecule has 0 saturated carbocycles. The van der Waals surface area contributed by atoms with Gasteiger partial charge in [0.25, 0.3) is 0 Å². The van der Waals surface area contributed by atoms with E-state index >= 15 is 0 Å². The van der Waals surface area contributed by atoms with Crippen molar-refractivity contribution in [3.05, 3.63) is 27.8 Å². The third-order valence-electron chi connectivity index (χ3n) is 4.23. The molecule has 1 fully saturated rings. The number of imidazole rings is 1. The van der Waals surface area contributed by atoms with E-state index in [4.69, 9.17) is 4.98 Å². The molecule has 1 saturated heterocycles. The summed E-state index contributed by atoms with van der Waals surface area (Å²) in [6.45, 7) is 12.0. The molecule has 3 rings (SSSR count). The molecular formula is C16H23BrN4. The minimum Gasteiger partial charge on any atom is -0.297 e. The van der Waals surface area contributed by atoms with E-state index in [0.717, 1.165) is 53.2 Å². The minimum absolute atomic E-state index is 0.770. The maximum atomic E-state index is 4.74. The summed E-state index contributed by atoms with van der Waals surface area (Å²) in [6, 6.07) is 2.09. The Balaban J connectivity index is 1.91. The molecule has 3 heterocycles. The average Bonchev–Trinajstić information content (AvgIpc) is 2.64. The highest BCUT2D eigenvalue weighted by atomic mass is 79.9. The first-order valence-electron chi connectivity index (χ1n) is 7.67. The van der Waals surface area contributed by atoms with Gasteiger partial charge in [0.05, 0.1) is 5.69 Å². The zero-order valence-corrected chi connectivity index (χ0v) is 14.8. The molecule has 0 aromatic carbocycles. The van der Waals surface area contributed by atoms with Gasteiger partial charge < -0.3 is 0 Å². The Morgan fingerprint density at radius 1 is 1.19 bits per heavy atom. The lowest BCUT2D eigenvalue weighted by molar-refractivity contribution is 0.133. The molecule has 2 aromatic heterocycles. The second kappa shape index (κ2) is 5.69. The van der Waals surface area contributed by atoms with Crippen LogP contribution in [0.3, 0.4) is 0 Å². The molecule has 114 valence electrons. The third-order valence-corrected chi connectivity index (χ3v) is 5.05. The van der Waals surface area contributed by atoms with Gasteiger partial charge in [-0.1, -0.05) is 13.8 Å². The topological polar surface area (TPSA) is 33.4 Å². The fraction of sp³-hybridized carbons (Fsp3) is 0.625. The third kappa shape index (κ3) is 2.99. The van der Waals surface area contributed by atoms with Crippen molar-refractivity contribution >= 4 is 21.7 Å². The molecule has 0 N–H and O–H groups in total. The summed E-state index contributed by atoms with van der Waals surface area (Å²) in [5.74, 6) is 2.34. The number of hydrogen-bond acceptors (Lipinski definition) is 3. The number of halogens is 1. The Hall–Kier alpha value is -0.940. The van der Waals surface area contributed by atoms with Gasteiger partial charge in [-0.25, -0.2) is 9.97 Å². The summed E-state index contributed by atoms with van der Waals surface area (Å²) in [5, 5.41) is 0. The van der Waals surface area contributed by atoms with Gasteiger partial charge in [-0.2, -0.15) is 0 Å². The smallest absolute Gasteiger partial charge is 0.235 e. The van der Waals surface area contributed by atoms with Crippen molar-refractivity contribution in [3.63, 3.8) is 0 Å². The normalized spacial score (nSPS) is 23.9. The first kappa shape index (κ1) is 15.0. The summed E-state index contributed by atoms with van der Waals surface area (Å²) in [7, 11) is 0. The lowest BCUT2D eigenvalue weighted by atomic mass is 9.92. The molecule has 5 heteroatoms. The minimum atomic E-state index is 0.770. The molecular weight excluding hydrogens is 328 g/mol. The van der Waals surface area contributed by atoms with E-state index in [1.807, 2.05) is 6.92 Å². The maximum absolute atomic E-state index is 4.74. The van der Waals surface area contributed by atoms with Gasteiger partial charge in [0.15, 0.2) is 0 Å². The fourth-order valence-corrected chi connectivity index (χ4v) is 4.26. The predicted molar refractivity (Wildman–Crippen MR) is 88.4 cm³/mol. The van der Waals surface area contributed by atoms with Crippen LogP contribution in [-0.4, -0.2) is 32.4 Å². The second-order valence-corrected chi connectivity index (χ2v) is 7.41. The molecule has 0 aliphatic carbocycles. The van der Waals surface area contributed by atoms with Crippen molar-refractivity contribution in [3.8, 4) is 0 Å². The zero-order chi connectivity index (χ0) is 15.1. The van der Waals surface area contributed by atoms with Crippen molar-refractivity contribution in [2.75, 3.05) is 13.1 Å². The Morgan fingerprint density at radius 3 is 2.52 bits per heavy atom. The van der Waals surface area contributed by atoms with E-state index < -0.39 is 0 Å². The van der Waals surface area contributed by atoms with Crippen molar-refractivity contribution in [2.45, 2.75) is 40.7 Å². The van der Waals surface area contributed by atoms with Crippen LogP contribution in [0, 0.1) is 25.7 Å². The maximum Gasteiger partial charge on any atom is 0.235 e. The van der Waals surface area contributed by atoms with Gasteiger partial charge in [0.1, 0.15) is 4.60 Å². The van der Waals surface area contributed by atoms with Gasteiger partial charge in [-0.15, -0.1) is 0 Å². The molecule has 0 bridgehead atoms. The Labute approximate surface area is 134 Å². The van der Waals surface area contributed by atoms with E-state index in [1.165, 1.54) is 12.1 Å². The van der Waals surface area contributed by atoms with Crippen LogP contribution in [0.5, 0.6) is 0 Å². The monoisotopic (exact) mass is 350 g/mol. The molecule has 0 radical (unpaired) electrons. The molecule has 2 atom stereocenters. The standard InChI is InChI=1S/C16H23BrN4/c1-10-5-11(2)8-20(7-10)9-14-15(17)21-13(4)6-12(3)18-16(21)19-14/h6,10-11H,5,7-9H2,1-4H3. The van der Waals surface area contributed by atoms with Crippen LogP contribution in [0.15, 0.2) is 10.7 Å². The Morgan fingerprint density at radius 2 is 1.86 bits per heavy atom. The van der Waals surface area contributed by atoms with Crippen molar-refractivity contribution < 1.29 is 0 Å². The number of hydrogen-bond donors (Lipinski definition) is 0. The van der Waals surface area contributed by atoms with Crippen LogP contribution in [0.1, 0.15) is 37.4 Å². The van der Waals surface area contributed by atoms with Crippen molar-refractivity contribution in [1.82, 2.24) is 19.3 Å². The lowest BCUT2D eigenvalue weighted by Gasteiger charge is -2.34. The van der Waals surface area contributed by atoms with Crippen LogP contribution in [0.2, 0.25) is 0 Å². The van der Waals surface area contributed by atoms with Gasteiger partial charge >= 0.3 is 0 Å². The summed E-state index contributed by atoms with van der Waals surface area (Å²) in [6.07, 6.45) is 1.34. The number of aromatic nitrogens is 3. The van der Waals surface area contributed by atoms with E-state index in [-0.39, 0.29) is 0 Å². The van der Waals surface area contributed by atoms with Gasteiger partial charge in [-0.05, 0) is 54.1 Å². The SMILES string of the molecule is Cc1cc(C)n2c(Br)c(CN3CC(C)CC(C)C3)nc2n1. The van der Waals surface area contributed by atoms with Gasteiger partial charge in [0.2, 0.25) is 5.78 Å². The van der Waals surface area contributed by atoms with Crippen molar-refractivity contribution in [2.24, 2.45) is 11.8 Å². The molecule has 0 spiro atoms. The lowest BCUT2D eigenvalue weighted by Crippen LogP contribution is -2.38. The van der Waals surface area contributed by atoms with Crippen LogP contribution in [0.4, 0.5) is 0 Å². The van der Waals surface area contributed by atoms with E-state index in [0.29, 0.717) is 0 Å². The quantitative estimate of drug-likeness (QED) is 0.829. The first-order valence-corrected chi connectivity index (χ1v) is 8.46. The number of rotatable bonds is 2. The average molecular weight is 351 g/mol. The van der Waals surface area contributed by atoms with Crippen LogP contribution < -0.4 is 0 Å². The van der Waals surface area contributed by atoms with E-state index in [2.05, 4.69) is 57.1 Å². The van der Waals surface area contributed by atoms with Crippen LogP contribution in [0.25, 0.3) is 5.78 Å². The highest BCUT2D eigenvalue weighted by Gasteiger charge is 2.24. The highest BCUT2D eigenvalue weighted by molar-refractivity contribution is 9.10. The molecule has 1 aliphatic rings. The summed E-state index contributed by atoms with van der Waals surface area (Å²) < 4.78 is 3.15. The number of likely N-dealkylation sites (tertiary alicyclic amines) is 1. The predicted octanol–water partition coefficient (Wildman–Crippen LogP) is 3.59. The van der Waals surface area contributed by atoms with Crippen LogP contribution in [-0.2, 0) is 6.54 Å². The second-order valence-electron chi connectivity index (χ2n) is 6.66. The summed E-state index contributed by atoms with van der Waals surface area (Å²) in [5.41, 5.74) is 3.28. The summed E-state index contributed by atoms with van der Waals surface area (Å²) in [4.78, 5) is 11.8. The molecule has 4 nitrogen and oxygen atoms in total. The highest BCUT2D eigenvalue weighted by Crippen LogP contribution is 2.26. The van der Waals surface area contributed by atoms with E-state index in [9.17, 15) is 0 Å². The summed E-state index contributed by atoms with van der Waals surface area (Å²) >= 11 is 3.72. The van der Waals surface area contributed by atoms with Gasteiger partial charge in [-0.3, -0.25) is 9.30 Å². The van der Waals surface area contributed by atoms with Gasteiger partial charge in [0, 0.05) is 31.0 Å². The van der Waals surface area contributed by atoms with Crippen molar-refractivity contribution in [1.29, 1.82) is 0 Å². The number of aryl methyl sites for hydroxylation is 2. The molecule has 0 amide bonds.